The largest absolute Gasteiger partial charge is 0.456 e. The average molecular weight is 231 g/mol. The van der Waals surface area contributed by atoms with Crippen molar-refractivity contribution in [3.05, 3.63) is 24.3 Å². The number of halogens is 1. The zero-order valence-electron chi connectivity index (χ0n) is 8.74. The lowest BCUT2D eigenvalue weighted by Crippen LogP contribution is -2.28. The van der Waals surface area contributed by atoms with E-state index >= 15 is 0 Å². The molecule has 0 fully saturated rings. The Balaban J connectivity index is 2.37. The molecule has 0 unspecified atom stereocenters. The summed E-state index contributed by atoms with van der Waals surface area (Å²) in [6.45, 7) is 5.59. The molecule has 0 saturated carbocycles. The molecular weight excluding hydrogens is 216 g/mol. The summed E-state index contributed by atoms with van der Waals surface area (Å²) in [5.74, 6) is 0.151. The van der Waals surface area contributed by atoms with Crippen LogP contribution >= 0.6 is 11.6 Å². The summed E-state index contributed by atoms with van der Waals surface area (Å²) in [5, 5.41) is 0. The van der Waals surface area contributed by atoms with Gasteiger partial charge in [0.25, 0.3) is 0 Å². The lowest BCUT2D eigenvalue weighted by Gasteiger charge is -2.23. The Labute approximate surface area is 94.7 Å². The minimum Gasteiger partial charge on any atom is -0.456 e. The highest BCUT2D eigenvalue weighted by atomic mass is 35.5. The molecule has 0 amide bonds. The summed E-state index contributed by atoms with van der Waals surface area (Å²) in [4.78, 5) is 10.7. The lowest BCUT2D eigenvalue weighted by molar-refractivity contribution is -0.147. The quantitative estimate of drug-likeness (QED) is 0.421. The number of alkyl halides is 1. The maximum atomic E-state index is 10.7. The second-order valence-electron chi connectivity index (χ2n) is 3.49. The molecule has 0 aliphatic carbocycles. The Morgan fingerprint density at radius 1 is 1.67 bits per heavy atom. The zero-order valence-corrected chi connectivity index (χ0v) is 9.50. The van der Waals surface area contributed by atoms with Crippen molar-refractivity contribution >= 4 is 17.6 Å². The summed E-state index contributed by atoms with van der Waals surface area (Å²) in [7, 11) is 0. The van der Waals surface area contributed by atoms with Gasteiger partial charge in [0.2, 0.25) is 0 Å². The van der Waals surface area contributed by atoms with Crippen LogP contribution in [0.15, 0.2) is 24.3 Å². The second-order valence-corrected chi connectivity index (χ2v) is 3.76. The molecule has 0 N–H and O–H groups in total. The molecule has 0 radical (unpaired) electrons. The van der Waals surface area contributed by atoms with Gasteiger partial charge in [-0.15, -0.1) is 11.6 Å². The molecule has 15 heavy (non-hydrogen) atoms. The van der Waals surface area contributed by atoms with E-state index in [0.29, 0.717) is 18.9 Å². The molecule has 2 atom stereocenters. The van der Waals surface area contributed by atoms with Crippen molar-refractivity contribution in [1.82, 2.24) is 0 Å². The topological polar surface area (TPSA) is 35.5 Å². The van der Waals surface area contributed by atoms with E-state index in [1.54, 1.807) is 0 Å². The van der Waals surface area contributed by atoms with Crippen LogP contribution < -0.4 is 0 Å². The summed E-state index contributed by atoms with van der Waals surface area (Å²) in [5.41, 5.74) is 0.942. The van der Waals surface area contributed by atoms with Gasteiger partial charge in [0.1, 0.15) is 6.10 Å². The number of rotatable bonds is 4. The molecule has 0 saturated heterocycles. The number of esters is 1. The maximum absolute atomic E-state index is 10.7. The Morgan fingerprint density at radius 3 is 2.87 bits per heavy atom. The minimum atomic E-state index is -0.295. The van der Waals surface area contributed by atoms with Crippen LogP contribution in [0.2, 0.25) is 0 Å². The zero-order chi connectivity index (χ0) is 11.3. The SMILES string of the molecule is C=C(CCl)C[C@@H]1C=C[C@@H](OC(C)=O)CO1. The van der Waals surface area contributed by atoms with Crippen LogP contribution in [0.5, 0.6) is 0 Å². The van der Waals surface area contributed by atoms with Gasteiger partial charge < -0.3 is 9.47 Å². The molecule has 0 aromatic heterocycles. The number of ether oxygens (including phenoxy) is 2. The molecule has 0 bridgehead atoms. The second kappa shape index (κ2) is 5.93. The van der Waals surface area contributed by atoms with E-state index in [1.807, 2.05) is 12.2 Å². The fourth-order valence-corrected chi connectivity index (χ4v) is 1.44. The van der Waals surface area contributed by atoms with Crippen molar-refractivity contribution < 1.29 is 14.3 Å². The van der Waals surface area contributed by atoms with E-state index in [9.17, 15) is 4.79 Å². The van der Waals surface area contributed by atoms with Gasteiger partial charge in [0, 0.05) is 12.8 Å². The molecule has 1 aliphatic heterocycles. The standard InChI is InChI=1S/C11H15ClO3/c1-8(6-12)5-10-3-4-11(7-14-10)15-9(2)13/h3-4,10-11H,1,5-7H2,2H3/t10-,11+/m0/s1. The number of carbonyl (C=O) groups excluding carboxylic acids is 1. The fraction of sp³-hybridized carbons (Fsp3) is 0.545. The van der Waals surface area contributed by atoms with Gasteiger partial charge in [-0.25, -0.2) is 0 Å². The molecule has 4 heteroatoms. The predicted molar refractivity (Wildman–Crippen MR) is 58.9 cm³/mol. The first-order valence-corrected chi connectivity index (χ1v) is 5.35. The Morgan fingerprint density at radius 2 is 2.40 bits per heavy atom. The monoisotopic (exact) mass is 230 g/mol. The molecular formula is C11H15ClO3. The molecule has 84 valence electrons. The van der Waals surface area contributed by atoms with E-state index < -0.39 is 0 Å². The van der Waals surface area contributed by atoms with Crippen molar-refractivity contribution in [3.8, 4) is 0 Å². The highest BCUT2D eigenvalue weighted by Crippen LogP contribution is 2.15. The average Bonchev–Trinajstić information content (AvgIpc) is 2.20. The first-order valence-electron chi connectivity index (χ1n) is 4.81. The van der Waals surface area contributed by atoms with Crippen LogP contribution in [0, 0.1) is 0 Å². The van der Waals surface area contributed by atoms with Crippen molar-refractivity contribution in [2.45, 2.75) is 25.6 Å². The maximum Gasteiger partial charge on any atom is 0.303 e. The van der Waals surface area contributed by atoms with Crippen molar-refractivity contribution in [2.24, 2.45) is 0 Å². The molecule has 0 aromatic rings. The normalized spacial score (nSPS) is 24.9. The first kappa shape index (κ1) is 12.3. The summed E-state index contributed by atoms with van der Waals surface area (Å²) >= 11 is 5.62. The Bertz CT molecular complexity index is 273. The lowest BCUT2D eigenvalue weighted by atomic mass is 10.1. The summed E-state index contributed by atoms with van der Waals surface area (Å²) in [6, 6.07) is 0. The molecule has 0 spiro atoms. The third-order valence-electron chi connectivity index (χ3n) is 2.01. The minimum absolute atomic E-state index is 0.00283. The van der Waals surface area contributed by atoms with Gasteiger partial charge in [0.05, 0.1) is 12.7 Å². The molecule has 1 rings (SSSR count). The third kappa shape index (κ3) is 4.49. The van der Waals surface area contributed by atoms with Crippen LogP contribution in [-0.4, -0.2) is 30.7 Å². The number of carbonyl (C=O) groups is 1. The van der Waals surface area contributed by atoms with Crippen LogP contribution in [0.3, 0.4) is 0 Å². The van der Waals surface area contributed by atoms with E-state index in [2.05, 4.69) is 6.58 Å². The van der Waals surface area contributed by atoms with Gasteiger partial charge in [-0.1, -0.05) is 18.2 Å². The smallest absolute Gasteiger partial charge is 0.303 e. The van der Waals surface area contributed by atoms with Crippen molar-refractivity contribution in [2.75, 3.05) is 12.5 Å². The van der Waals surface area contributed by atoms with Crippen LogP contribution in [-0.2, 0) is 14.3 Å². The summed E-state index contributed by atoms with van der Waals surface area (Å²) in [6.07, 6.45) is 4.18. The molecule has 1 aliphatic rings. The highest BCUT2D eigenvalue weighted by Gasteiger charge is 2.18. The van der Waals surface area contributed by atoms with Gasteiger partial charge in [-0.05, 0) is 12.5 Å². The molecule has 1 heterocycles. The Kier molecular flexibility index (Phi) is 4.85. The van der Waals surface area contributed by atoms with Gasteiger partial charge >= 0.3 is 5.97 Å². The highest BCUT2D eigenvalue weighted by molar-refractivity contribution is 6.19. The van der Waals surface area contributed by atoms with E-state index in [4.69, 9.17) is 21.1 Å². The van der Waals surface area contributed by atoms with Gasteiger partial charge in [-0.2, -0.15) is 0 Å². The van der Waals surface area contributed by atoms with Crippen LogP contribution in [0.1, 0.15) is 13.3 Å². The van der Waals surface area contributed by atoms with Crippen LogP contribution in [0.25, 0.3) is 0 Å². The summed E-state index contributed by atoms with van der Waals surface area (Å²) < 4.78 is 10.5. The van der Waals surface area contributed by atoms with Gasteiger partial charge in [-0.3, -0.25) is 4.79 Å². The van der Waals surface area contributed by atoms with Crippen molar-refractivity contribution in [1.29, 1.82) is 0 Å². The number of hydrogen-bond acceptors (Lipinski definition) is 3. The number of hydrogen-bond donors (Lipinski definition) is 0. The van der Waals surface area contributed by atoms with E-state index in [0.717, 1.165) is 5.57 Å². The fourth-order valence-electron chi connectivity index (χ4n) is 1.33. The third-order valence-corrected chi connectivity index (χ3v) is 2.39. The first-order chi connectivity index (χ1) is 7.11. The molecule has 3 nitrogen and oxygen atoms in total. The molecule has 0 aromatic carbocycles. The van der Waals surface area contributed by atoms with Gasteiger partial charge in [0.15, 0.2) is 0 Å². The van der Waals surface area contributed by atoms with E-state index in [1.165, 1.54) is 6.92 Å². The predicted octanol–water partition coefficient (Wildman–Crippen LogP) is 2.06. The Hall–Kier alpha value is -0.800. The van der Waals surface area contributed by atoms with Crippen molar-refractivity contribution in [3.63, 3.8) is 0 Å². The van der Waals surface area contributed by atoms with Crippen LogP contribution in [0.4, 0.5) is 0 Å². The van der Waals surface area contributed by atoms with E-state index in [-0.39, 0.29) is 18.2 Å².